The smallest absolute Gasteiger partial charge is 0.134 e. The summed E-state index contributed by atoms with van der Waals surface area (Å²) < 4.78 is 0. The molecule has 88 valence electrons. The average Bonchev–Trinajstić information content (AvgIpc) is 2.36. The highest BCUT2D eigenvalue weighted by Crippen LogP contribution is 2.18. The highest BCUT2D eigenvalue weighted by atomic mass is 14.9. The quantitative estimate of drug-likeness (QED) is 0.784. The lowest BCUT2D eigenvalue weighted by Gasteiger charge is -2.01. The molecular formula is C13H16N4. The van der Waals surface area contributed by atoms with Gasteiger partial charge < -0.3 is 11.1 Å². The first-order valence-corrected chi connectivity index (χ1v) is 5.62. The monoisotopic (exact) mass is 228 g/mol. The van der Waals surface area contributed by atoms with Gasteiger partial charge in [0, 0.05) is 5.39 Å². The van der Waals surface area contributed by atoms with Crippen LogP contribution in [0.2, 0.25) is 0 Å². The molecule has 17 heavy (non-hydrogen) atoms. The maximum absolute atomic E-state index is 5.82. The molecule has 1 aromatic heterocycles. The fraction of sp³-hybridized carbons (Fsp3) is 0.231. The van der Waals surface area contributed by atoms with Gasteiger partial charge in [0.25, 0.3) is 0 Å². The van der Waals surface area contributed by atoms with Crippen molar-refractivity contribution in [2.24, 2.45) is 0 Å². The Morgan fingerprint density at radius 3 is 3.06 bits per heavy atom. The maximum Gasteiger partial charge on any atom is 0.134 e. The summed E-state index contributed by atoms with van der Waals surface area (Å²) in [6.07, 6.45) is 6.72. The number of nitrogens with zero attached hydrogens (tertiary/aromatic N) is 2. The Balaban J connectivity index is 2.25. The van der Waals surface area contributed by atoms with Crippen LogP contribution in [-0.4, -0.2) is 23.6 Å². The zero-order chi connectivity index (χ0) is 12.1. The van der Waals surface area contributed by atoms with Crippen LogP contribution in [0.15, 0.2) is 30.6 Å². The molecule has 4 heteroatoms. The second kappa shape index (κ2) is 5.41. The summed E-state index contributed by atoms with van der Waals surface area (Å²) in [5.74, 6) is 0.528. The summed E-state index contributed by atoms with van der Waals surface area (Å²) >= 11 is 0. The summed E-state index contributed by atoms with van der Waals surface area (Å²) in [6.45, 7) is 0.981. The fourth-order valence-electron chi connectivity index (χ4n) is 1.64. The van der Waals surface area contributed by atoms with Crippen LogP contribution in [0.5, 0.6) is 0 Å². The molecule has 0 unspecified atom stereocenters. The van der Waals surface area contributed by atoms with Crippen molar-refractivity contribution in [2.75, 3.05) is 19.3 Å². The van der Waals surface area contributed by atoms with Gasteiger partial charge in [-0.3, -0.25) is 0 Å². The predicted octanol–water partition coefficient (Wildman–Crippen LogP) is 1.83. The van der Waals surface area contributed by atoms with E-state index in [1.54, 1.807) is 0 Å². The Bertz CT molecular complexity index is 534. The number of nitrogens with two attached hydrogens (primary N) is 1. The van der Waals surface area contributed by atoms with Gasteiger partial charge in [0.2, 0.25) is 0 Å². The van der Waals surface area contributed by atoms with Crippen molar-refractivity contribution in [1.29, 1.82) is 0 Å². The van der Waals surface area contributed by atoms with Crippen molar-refractivity contribution in [3.05, 3.63) is 36.2 Å². The zero-order valence-corrected chi connectivity index (χ0v) is 9.85. The SMILES string of the molecule is CNCCC=Cc1ccc2ncnc(N)c2c1. The molecular weight excluding hydrogens is 212 g/mol. The van der Waals surface area contributed by atoms with E-state index >= 15 is 0 Å². The van der Waals surface area contributed by atoms with Gasteiger partial charge in [-0.2, -0.15) is 0 Å². The van der Waals surface area contributed by atoms with Gasteiger partial charge in [0.05, 0.1) is 5.52 Å². The van der Waals surface area contributed by atoms with Crippen molar-refractivity contribution < 1.29 is 0 Å². The Morgan fingerprint density at radius 1 is 1.35 bits per heavy atom. The van der Waals surface area contributed by atoms with E-state index in [1.807, 2.05) is 25.2 Å². The van der Waals surface area contributed by atoms with E-state index in [0.717, 1.165) is 29.4 Å². The third kappa shape index (κ3) is 2.79. The van der Waals surface area contributed by atoms with Gasteiger partial charge in [-0.15, -0.1) is 0 Å². The second-order valence-electron chi connectivity index (χ2n) is 3.83. The van der Waals surface area contributed by atoms with Crippen LogP contribution >= 0.6 is 0 Å². The normalized spacial score (nSPS) is 11.4. The van der Waals surface area contributed by atoms with Crippen LogP contribution in [0.3, 0.4) is 0 Å². The molecule has 0 fully saturated rings. The minimum Gasteiger partial charge on any atom is -0.383 e. The number of fused-ring (bicyclic) bond motifs is 1. The van der Waals surface area contributed by atoms with E-state index in [4.69, 9.17) is 5.73 Å². The molecule has 0 aliphatic heterocycles. The third-order valence-corrected chi connectivity index (χ3v) is 2.56. The molecule has 0 saturated carbocycles. The van der Waals surface area contributed by atoms with E-state index < -0.39 is 0 Å². The van der Waals surface area contributed by atoms with E-state index in [-0.39, 0.29) is 0 Å². The van der Waals surface area contributed by atoms with E-state index in [1.165, 1.54) is 6.33 Å². The van der Waals surface area contributed by atoms with Gasteiger partial charge in [-0.05, 0) is 37.7 Å². The van der Waals surface area contributed by atoms with Crippen LogP contribution in [-0.2, 0) is 0 Å². The lowest BCUT2D eigenvalue weighted by atomic mass is 10.1. The minimum absolute atomic E-state index is 0.528. The van der Waals surface area contributed by atoms with Crippen molar-refractivity contribution in [1.82, 2.24) is 15.3 Å². The number of nitrogens with one attached hydrogen (secondary N) is 1. The maximum atomic E-state index is 5.82. The molecule has 0 radical (unpaired) electrons. The Kier molecular flexibility index (Phi) is 3.67. The number of benzene rings is 1. The second-order valence-corrected chi connectivity index (χ2v) is 3.83. The van der Waals surface area contributed by atoms with Crippen LogP contribution in [0.25, 0.3) is 17.0 Å². The molecule has 0 atom stereocenters. The Morgan fingerprint density at radius 2 is 2.24 bits per heavy atom. The van der Waals surface area contributed by atoms with Crippen molar-refractivity contribution in [3.8, 4) is 0 Å². The molecule has 0 bridgehead atoms. The van der Waals surface area contributed by atoms with E-state index in [2.05, 4.69) is 27.4 Å². The molecule has 4 nitrogen and oxygen atoms in total. The van der Waals surface area contributed by atoms with Gasteiger partial charge >= 0.3 is 0 Å². The lowest BCUT2D eigenvalue weighted by Crippen LogP contribution is -2.05. The lowest BCUT2D eigenvalue weighted by molar-refractivity contribution is 0.809. The predicted molar refractivity (Wildman–Crippen MR) is 71.5 cm³/mol. The molecule has 0 aliphatic rings. The van der Waals surface area contributed by atoms with Crippen molar-refractivity contribution >= 4 is 22.8 Å². The molecule has 0 aliphatic carbocycles. The first-order chi connectivity index (χ1) is 8.31. The molecule has 1 aromatic carbocycles. The Hall–Kier alpha value is -1.94. The fourth-order valence-corrected chi connectivity index (χ4v) is 1.64. The topological polar surface area (TPSA) is 63.8 Å². The molecule has 1 heterocycles. The molecule has 0 saturated heterocycles. The summed E-state index contributed by atoms with van der Waals surface area (Å²) in [4.78, 5) is 8.16. The number of hydrogen-bond acceptors (Lipinski definition) is 4. The largest absolute Gasteiger partial charge is 0.383 e. The van der Waals surface area contributed by atoms with E-state index in [0.29, 0.717) is 5.82 Å². The number of rotatable bonds is 4. The molecule has 2 aromatic rings. The van der Waals surface area contributed by atoms with Crippen LogP contribution in [0, 0.1) is 0 Å². The third-order valence-electron chi connectivity index (χ3n) is 2.56. The molecule has 0 amide bonds. The van der Waals surface area contributed by atoms with Crippen LogP contribution < -0.4 is 11.1 Å². The summed E-state index contributed by atoms with van der Waals surface area (Å²) in [5, 5.41) is 4.01. The van der Waals surface area contributed by atoms with Crippen LogP contribution in [0.4, 0.5) is 5.82 Å². The summed E-state index contributed by atoms with van der Waals surface area (Å²) in [5.41, 5.74) is 7.82. The number of hydrogen-bond donors (Lipinski definition) is 2. The van der Waals surface area contributed by atoms with Gasteiger partial charge in [-0.1, -0.05) is 18.2 Å². The molecule has 2 rings (SSSR count). The van der Waals surface area contributed by atoms with Crippen molar-refractivity contribution in [3.63, 3.8) is 0 Å². The summed E-state index contributed by atoms with van der Waals surface area (Å²) in [6, 6.07) is 6.01. The highest BCUT2D eigenvalue weighted by Gasteiger charge is 1.99. The average molecular weight is 228 g/mol. The van der Waals surface area contributed by atoms with Crippen molar-refractivity contribution in [2.45, 2.75) is 6.42 Å². The van der Waals surface area contributed by atoms with Gasteiger partial charge in [0.15, 0.2) is 0 Å². The van der Waals surface area contributed by atoms with Gasteiger partial charge in [-0.25, -0.2) is 9.97 Å². The summed E-state index contributed by atoms with van der Waals surface area (Å²) in [7, 11) is 1.95. The highest BCUT2D eigenvalue weighted by molar-refractivity contribution is 5.89. The first-order valence-electron chi connectivity index (χ1n) is 5.62. The Labute approximate surface area is 101 Å². The minimum atomic E-state index is 0.528. The van der Waals surface area contributed by atoms with E-state index in [9.17, 15) is 0 Å². The standard InChI is InChI=1S/C13H16N4/c1-15-7-3-2-4-10-5-6-12-11(8-10)13(14)17-9-16-12/h2,4-6,8-9,15H,3,7H2,1H3,(H2,14,16,17). The van der Waals surface area contributed by atoms with Crippen LogP contribution in [0.1, 0.15) is 12.0 Å². The zero-order valence-electron chi connectivity index (χ0n) is 9.85. The number of aromatic nitrogens is 2. The molecule has 3 N–H and O–H groups in total. The van der Waals surface area contributed by atoms with Gasteiger partial charge in [0.1, 0.15) is 12.1 Å². The first kappa shape index (κ1) is 11.5. The number of anilines is 1. The number of nitrogen functional groups attached to an aromatic ring is 1. The molecule has 0 spiro atoms.